The van der Waals surface area contributed by atoms with Gasteiger partial charge < -0.3 is 18.9 Å². The third-order valence-corrected chi connectivity index (χ3v) is 1.89. The molecule has 0 spiro atoms. The van der Waals surface area contributed by atoms with Crippen LogP contribution in [0, 0.1) is 0 Å². The summed E-state index contributed by atoms with van der Waals surface area (Å²) in [7, 11) is 1.64. The Hall–Kier alpha value is -1.02. The second-order valence-corrected chi connectivity index (χ2v) is 3.23. The lowest BCUT2D eigenvalue weighted by atomic mass is 10.5. The largest absolute Gasteiger partial charge is 0.382 e. The molecule has 0 bridgehead atoms. The Morgan fingerprint density at radius 3 is 2.24 bits per heavy atom. The molecule has 0 atom stereocenters. The Morgan fingerprint density at radius 2 is 1.65 bits per heavy atom. The van der Waals surface area contributed by atoms with Crippen LogP contribution >= 0.6 is 0 Å². The van der Waals surface area contributed by atoms with E-state index in [0.29, 0.717) is 46.2 Å². The molecule has 7 nitrogen and oxygen atoms in total. The fraction of sp³-hybridized carbons (Fsp3) is 0.800. The zero-order chi connectivity index (χ0) is 12.2. The molecule has 1 rings (SSSR count). The first-order valence-corrected chi connectivity index (χ1v) is 5.50. The Morgan fingerprint density at radius 1 is 1.00 bits per heavy atom. The van der Waals surface area contributed by atoms with Crippen molar-refractivity contribution in [2.45, 2.75) is 6.61 Å². The van der Waals surface area contributed by atoms with Crippen molar-refractivity contribution in [3.8, 4) is 0 Å². The van der Waals surface area contributed by atoms with E-state index >= 15 is 0 Å². The monoisotopic (exact) mass is 245 g/mol. The number of nitrogens with zero attached hydrogens (tertiary/aromatic N) is 2. The molecule has 0 saturated carbocycles. The van der Waals surface area contributed by atoms with Crippen LogP contribution in [0.15, 0.2) is 6.20 Å². The van der Waals surface area contributed by atoms with E-state index in [1.807, 2.05) is 0 Å². The number of methoxy groups -OCH3 is 1. The maximum Gasteiger partial charge on any atom is 0.108 e. The zero-order valence-electron chi connectivity index (χ0n) is 10.1. The minimum absolute atomic E-state index is 0.449. The van der Waals surface area contributed by atoms with Gasteiger partial charge in [-0.3, -0.25) is 0 Å². The van der Waals surface area contributed by atoms with Gasteiger partial charge in [0.1, 0.15) is 5.69 Å². The van der Waals surface area contributed by atoms with Crippen molar-refractivity contribution in [2.24, 2.45) is 0 Å². The second kappa shape index (κ2) is 10.2. The van der Waals surface area contributed by atoms with Gasteiger partial charge in [-0.2, -0.15) is 15.4 Å². The average molecular weight is 245 g/mol. The van der Waals surface area contributed by atoms with Crippen molar-refractivity contribution < 1.29 is 18.9 Å². The first-order chi connectivity index (χ1) is 8.43. The van der Waals surface area contributed by atoms with E-state index in [-0.39, 0.29) is 0 Å². The van der Waals surface area contributed by atoms with Gasteiger partial charge >= 0.3 is 0 Å². The molecule has 0 radical (unpaired) electrons. The number of aromatic amines is 1. The van der Waals surface area contributed by atoms with Crippen LogP contribution in [0.1, 0.15) is 5.69 Å². The quantitative estimate of drug-likeness (QED) is 0.553. The van der Waals surface area contributed by atoms with E-state index in [0.717, 1.165) is 5.69 Å². The van der Waals surface area contributed by atoms with Crippen LogP contribution in [-0.2, 0) is 25.6 Å². The first-order valence-electron chi connectivity index (χ1n) is 5.50. The van der Waals surface area contributed by atoms with E-state index in [1.165, 1.54) is 0 Å². The van der Waals surface area contributed by atoms with Crippen LogP contribution in [0.2, 0.25) is 0 Å². The number of rotatable bonds is 11. The van der Waals surface area contributed by atoms with E-state index < -0.39 is 0 Å². The first kappa shape index (κ1) is 14.0. The van der Waals surface area contributed by atoms with Gasteiger partial charge in [0.15, 0.2) is 0 Å². The van der Waals surface area contributed by atoms with Gasteiger partial charge in [-0.15, -0.1) is 0 Å². The van der Waals surface area contributed by atoms with Crippen molar-refractivity contribution in [1.29, 1.82) is 0 Å². The van der Waals surface area contributed by atoms with Crippen LogP contribution in [0.4, 0.5) is 0 Å². The highest BCUT2D eigenvalue weighted by atomic mass is 16.6. The molecule has 1 heterocycles. The molecule has 1 aromatic heterocycles. The highest BCUT2D eigenvalue weighted by Gasteiger charge is 1.95. The normalized spacial score (nSPS) is 10.9. The highest BCUT2D eigenvalue weighted by molar-refractivity contribution is 4.86. The summed E-state index contributed by atoms with van der Waals surface area (Å²) in [4.78, 5) is 0. The molecule has 0 aliphatic carbocycles. The maximum absolute atomic E-state index is 5.31. The van der Waals surface area contributed by atoms with E-state index in [4.69, 9.17) is 18.9 Å². The SMILES string of the molecule is COCCOCCOCCOCc1cn[nH]n1. The second-order valence-electron chi connectivity index (χ2n) is 3.23. The summed E-state index contributed by atoms with van der Waals surface area (Å²) < 4.78 is 20.7. The molecule has 0 aliphatic heterocycles. The molecule has 0 fully saturated rings. The van der Waals surface area contributed by atoms with E-state index in [9.17, 15) is 0 Å². The fourth-order valence-corrected chi connectivity index (χ4v) is 1.05. The lowest BCUT2D eigenvalue weighted by molar-refractivity contribution is 0.000460. The number of hydrogen-bond donors (Lipinski definition) is 1. The molecule has 7 heteroatoms. The zero-order valence-corrected chi connectivity index (χ0v) is 10.1. The number of nitrogens with one attached hydrogen (secondary N) is 1. The Balaban J connectivity index is 1.76. The average Bonchev–Trinajstić information content (AvgIpc) is 2.85. The molecular weight excluding hydrogens is 226 g/mol. The van der Waals surface area contributed by atoms with Crippen molar-refractivity contribution in [2.75, 3.05) is 46.8 Å². The standard InChI is InChI=1S/C10H19N3O4/c1-14-2-3-15-4-5-16-6-7-17-9-10-8-11-13-12-10/h8H,2-7,9H2,1H3,(H,11,12,13). The number of ether oxygens (including phenoxy) is 4. The van der Waals surface area contributed by atoms with Crippen molar-refractivity contribution in [3.05, 3.63) is 11.9 Å². The molecular formula is C10H19N3O4. The van der Waals surface area contributed by atoms with Crippen LogP contribution in [-0.4, -0.2) is 62.2 Å². The lowest BCUT2D eigenvalue weighted by Crippen LogP contribution is -2.11. The highest BCUT2D eigenvalue weighted by Crippen LogP contribution is 1.91. The minimum Gasteiger partial charge on any atom is -0.382 e. The predicted octanol–water partition coefficient (Wildman–Crippen LogP) is 0.000900. The van der Waals surface area contributed by atoms with Gasteiger partial charge in [-0.25, -0.2) is 0 Å². The number of H-pyrrole nitrogens is 1. The molecule has 1 N–H and O–H groups in total. The molecule has 0 amide bonds. The Kier molecular flexibility index (Phi) is 8.39. The summed E-state index contributed by atoms with van der Waals surface area (Å²) in [5.41, 5.74) is 0.785. The van der Waals surface area contributed by atoms with Gasteiger partial charge in [-0.05, 0) is 0 Å². The van der Waals surface area contributed by atoms with E-state index in [1.54, 1.807) is 13.3 Å². The predicted molar refractivity (Wildman–Crippen MR) is 59.6 cm³/mol. The summed E-state index contributed by atoms with van der Waals surface area (Å²) in [5.74, 6) is 0. The van der Waals surface area contributed by atoms with Crippen LogP contribution in [0.25, 0.3) is 0 Å². The maximum atomic E-state index is 5.31. The van der Waals surface area contributed by atoms with Gasteiger partial charge in [-0.1, -0.05) is 0 Å². The minimum atomic E-state index is 0.449. The Bertz CT molecular complexity index is 256. The van der Waals surface area contributed by atoms with Gasteiger partial charge in [0, 0.05) is 7.11 Å². The molecule has 17 heavy (non-hydrogen) atoms. The summed E-state index contributed by atoms with van der Waals surface area (Å²) in [6.45, 7) is 3.88. The van der Waals surface area contributed by atoms with Crippen molar-refractivity contribution >= 4 is 0 Å². The molecule has 0 aromatic carbocycles. The van der Waals surface area contributed by atoms with Crippen LogP contribution in [0.3, 0.4) is 0 Å². The van der Waals surface area contributed by atoms with E-state index in [2.05, 4.69) is 15.4 Å². The summed E-state index contributed by atoms with van der Waals surface area (Å²) in [6.07, 6.45) is 1.63. The third kappa shape index (κ3) is 7.81. The van der Waals surface area contributed by atoms with Crippen LogP contribution < -0.4 is 0 Å². The third-order valence-electron chi connectivity index (χ3n) is 1.89. The Labute approximate surface area is 100 Å². The summed E-state index contributed by atoms with van der Waals surface area (Å²) in [5, 5.41) is 10.0. The van der Waals surface area contributed by atoms with Gasteiger partial charge in [0.2, 0.25) is 0 Å². The van der Waals surface area contributed by atoms with Gasteiger partial charge in [0.25, 0.3) is 0 Å². The molecule has 98 valence electrons. The fourth-order valence-electron chi connectivity index (χ4n) is 1.05. The van der Waals surface area contributed by atoms with Gasteiger partial charge in [0.05, 0.1) is 52.4 Å². The summed E-state index contributed by atoms with van der Waals surface area (Å²) >= 11 is 0. The number of aromatic nitrogens is 3. The smallest absolute Gasteiger partial charge is 0.108 e. The lowest BCUT2D eigenvalue weighted by Gasteiger charge is -2.05. The molecule has 1 aromatic rings. The van der Waals surface area contributed by atoms with Crippen molar-refractivity contribution in [1.82, 2.24) is 15.4 Å². The molecule has 0 aliphatic rings. The summed E-state index contributed by atoms with van der Waals surface area (Å²) in [6, 6.07) is 0. The van der Waals surface area contributed by atoms with Crippen molar-refractivity contribution in [3.63, 3.8) is 0 Å². The molecule has 0 saturated heterocycles. The topological polar surface area (TPSA) is 78.5 Å². The van der Waals surface area contributed by atoms with Crippen LogP contribution in [0.5, 0.6) is 0 Å². The number of hydrogen-bond acceptors (Lipinski definition) is 6. The molecule has 0 unspecified atom stereocenters.